The van der Waals surface area contributed by atoms with Gasteiger partial charge in [-0.1, -0.05) is 39.0 Å². The second kappa shape index (κ2) is 4.92. The molecule has 1 aromatic carbocycles. The molecule has 92 valence electrons. The average molecular weight is 230 g/mol. The van der Waals surface area contributed by atoms with Gasteiger partial charge < -0.3 is 10.3 Å². The summed E-state index contributed by atoms with van der Waals surface area (Å²) in [7, 11) is 0. The molecule has 2 rings (SSSR count). The monoisotopic (exact) mass is 230 g/mol. The largest absolute Gasteiger partial charge is 0.361 e. The zero-order valence-corrected chi connectivity index (χ0v) is 11.0. The highest BCUT2D eigenvalue weighted by atomic mass is 14.9. The minimum atomic E-state index is 0.410. The zero-order chi connectivity index (χ0) is 12.3. The van der Waals surface area contributed by atoms with Gasteiger partial charge in [0.25, 0.3) is 0 Å². The van der Waals surface area contributed by atoms with Gasteiger partial charge in [0.1, 0.15) is 0 Å². The smallest absolute Gasteiger partial charge is 0.0457 e. The first-order valence-electron chi connectivity index (χ1n) is 6.32. The highest BCUT2D eigenvalue weighted by Gasteiger charge is 2.09. The molecule has 0 unspecified atom stereocenters. The maximum atomic E-state index is 3.52. The van der Waals surface area contributed by atoms with Crippen LogP contribution in [0.15, 0.2) is 30.5 Å². The van der Waals surface area contributed by atoms with Gasteiger partial charge >= 0.3 is 0 Å². The predicted molar refractivity (Wildman–Crippen MR) is 74.1 cm³/mol. The maximum Gasteiger partial charge on any atom is 0.0457 e. The van der Waals surface area contributed by atoms with Crippen molar-refractivity contribution in [1.82, 2.24) is 10.3 Å². The first kappa shape index (κ1) is 12.2. The lowest BCUT2D eigenvalue weighted by molar-refractivity contribution is 0.367. The molecular formula is C15H22N2. The van der Waals surface area contributed by atoms with Crippen molar-refractivity contribution in [2.75, 3.05) is 6.54 Å². The van der Waals surface area contributed by atoms with Gasteiger partial charge in [-0.3, -0.25) is 0 Å². The van der Waals surface area contributed by atoms with Crippen molar-refractivity contribution < 1.29 is 0 Å². The van der Waals surface area contributed by atoms with E-state index in [1.165, 1.54) is 22.9 Å². The summed E-state index contributed by atoms with van der Waals surface area (Å²) in [6.07, 6.45) is 3.31. The molecule has 2 nitrogen and oxygen atoms in total. The van der Waals surface area contributed by atoms with E-state index in [2.05, 4.69) is 61.5 Å². The molecule has 0 spiro atoms. The van der Waals surface area contributed by atoms with Crippen molar-refractivity contribution in [1.29, 1.82) is 0 Å². The number of aromatic nitrogens is 1. The van der Waals surface area contributed by atoms with E-state index in [1.807, 2.05) is 0 Å². The van der Waals surface area contributed by atoms with Gasteiger partial charge in [-0.05, 0) is 30.0 Å². The van der Waals surface area contributed by atoms with Gasteiger partial charge in [0.2, 0.25) is 0 Å². The molecule has 1 heterocycles. The normalized spacial score (nSPS) is 12.2. The third-order valence-electron chi connectivity index (χ3n) is 3.04. The first-order valence-corrected chi connectivity index (χ1v) is 6.32. The Morgan fingerprint density at radius 2 is 1.94 bits per heavy atom. The number of fused-ring (bicyclic) bond motifs is 1. The molecule has 0 aliphatic rings. The SMILES string of the molecule is CC(C)(C)CCNCc1c[nH]c2ccccc12. The van der Waals surface area contributed by atoms with Crippen LogP contribution in [0.5, 0.6) is 0 Å². The van der Waals surface area contributed by atoms with Gasteiger partial charge in [0.05, 0.1) is 0 Å². The highest BCUT2D eigenvalue weighted by molar-refractivity contribution is 5.82. The van der Waals surface area contributed by atoms with Crippen LogP contribution in [0, 0.1) is 5.41 Å². The molecule has 1 aromatic heterocycles. The van der Waals surface area contributed by atoms with Crippen LogP contribution < -0.4 is 5.32 Å². The standard InChI is InChI=1S/C15H22N2/c1-15(2,3)8-9-16-10-12-11-17-14-7-5-4-6-13(12)14/h4-7,11,16-17H,8-10H2,1-3H3. The minimum Gasteiger partial charge on any atom is -0.361 e. The van der Waals surface area contributed by atoms with Crippen LogP contribution >= 0.6 is 0 Å². The van der Waals surface area contributed by atoms with Crippen molar-refractivity contribution >= 4 is 10.9 Å². The summed E-state index contributed by atoms with van der Waals surface area (Å²) in [4.78, 5) is 3.31. The number of H-pyrrole nitrogens is 1. The third kappa shape index (κ3) is 3.34. The van der Waals surface area contributed by atoms with E-state index >= 15 is 0 Å². The predicted octanol–water partition coefficient (Wildman–Crippen LogP) is 3.69. The van der Waals surface area contributed by atoms with E-state index in [-0.39, 0.29) is 0 Å². The summed E-state index contributed by atoms with van der Waals surface area (Å²) < 4.78 is 0. The van der Waals surface area contributed by atoms with Crippen LogP contribution in [0.4, 0.5) is 0 Å². The molecule has 0 aliphatic heterocycles. The molecule has 0 atom stereocenters. The Morgan fingerprint density at radius 1 is 1.18 bits per heavy atom. The molecule has 2 N–H and O–H groups in total. The van der Waals surface area contributed by atoms with Crippen LogP contribution in [0.1, 0.15) is 32.8 Å². The molecule has 0 saturated carbocycles. The Balaban J connectivity index is 1.91. The minimum absolute atomic E-state index is 0.410. The van der Waals surface area contributed by atoms with Crippen molar-refractivity contribution in [3.63, 3.8) is 0 Å². The number of aromatic amines is 1. The Labute approximate surface area is 103 Å². The highest BCUT2D eigenvalue weighted by Crippen LogP contribution is 2.19. The molecule has 0 radical (unpaired) electrons. The number of nitrogens with one attached hydrogen (secondary N) is 2. The summed E-state index contributed by atoms with van der Waals surface area (Å²) in [5.41, 5.74) is 2.99. The molecule has 0 fully saturated rings. The van der Waals surface area contributed by atoms with Crippen LogP contribution in [0.2, 0.25) is 0 Å². The van der Waals surface area contributed by atoms with E-state index in [0.717, 1.165) is 13.1 Å². The Hall–Kier alpha value is -1.28. The van der Waals surface area contributed by atoms with Gasteiger partial charge in [-0.25, -0.2) is 0 Å². The lowest BCUT2D eigenvalue weighted by Gasteiger charge is -2.17. The van der Waals surface area contributed by atoms with Gasteiger partial charge in [-0.15, -0.1) is 0 Å². The van der Waals surface area contributed by atoms with Crippen LogP contribution in [0.25, 0.3) is 10.9 Å². The Bertz CT molecular complexity index is 477. The average Bonchev–Trinajstić information content (AvgIpc) is 2.67. The Morgan fingerprint density at radius 3 is 2.71 bits per heavy atom. The molecular weight excluding hydrogens is 208 g/mol. The number of para-hydroxylation sites is 1. The molecule has 17 heavy (non-hydrogen) atoms. The van der Waals surface area contributed by atoms with E-state index in [4.69, 9.17) is 0 Å². The number of hydrogen-bond acceptors (Lipinski definition) is 1. The third-order valence-corrected chi connectivity index (χ3v) is 3.04. The van der Waals surface area contributed by atoms with E-state index in [0.29, 0.717) is 5.41 Å². The van der Waals surface area contributed by atoms with Crippen LogP contribution in [-0.4, -0.2) is 11.5 Å². The topological polar surface area (TPSA) is 27.8 Å². The summed E-state index contributed by atoms with van der Waals surface area (Å²) in [6, 6.07) is 8.45. The van der Waals surface area contributed by atoms with Crippen molar-refractivity contribution in [3.8, 4) is 0 Å². The van der Waals surface area contributed by atoms with Crippen molar-refractivity contribution in [2.24, 2.45) is 5.41 Å². The lowest BCUT2D eigenvalue weighted by Crippen LogP contribution is -2.20. The molecule has 0 amide bonds. The van der Waals surface area contributed by atoms with E-state index in [1.54, 1.807) is 0 Å². The fraction of sp³-hybridized carbons (Fsp3) is 0.467. The number of hydrogen-bond donors (Lipinski definition) is 2. The quantitative estimate of drug-likeness (QED) is 0.770. The summed E-state index contributed by atoms with van der Waals surface area (Å²) in [5, 5.41) is 4.85. The summed E-state index contributed by atoms with van der Waals surface area (Å²) >= 11 is 0. The van der Waals surface area contributed by atoms with E-state index < -0.39 is 0 Å². The van der Waals surface area contributed by atoms with Crippen LogP contribution in [0.3, 0.4) is 0 Å². The van der Waals surface area contributed by atoms with Gasteiger partial charge in [-0.2, -0.15) is 0 Å². The van der Waals surface area contributed by atoms with E-state index in [9.17, 15) is 0 Å². The summed E-state index contributed by atoms with van der Waals surface area (Å²) in [5.74, 6) is 0. The molecule has 2 heteroatoms. The van der Waals surface area contributed by atoms with Crippen molar-refractivity contribution in [2.45, 2.75) is 33.7 Å². The Kier molecular flexibility index (Phi) is 3.53. The molecule has 0 aliphatic carbocycles. The zero-order valence-electron chi connectivity index (χ0n) is 11.0. The van der Waals surface area contributed by atoms with Gasteiger partial charge in [0.15, 0.2) is 0 Å². The second-order valence-corrected chi connectivity index (χ2v) is 5.85. The molecule has 0 bridgehead atoms. The van der Waals surface area contributed by atoms with Crippen LogP contribution in [-0.2, 0) is 6.54 Å². The fourth-order valence-corrected chi connectivity index (χ4v) is 1.96. The fourth-order valence-electron chi connectivity index (χ4n) is 1.96. The van der Waals surface area contributed by atoms with Gasteiger partial charge in [0, 0.05) is 23.6 Å². The maximum absolute atomic E-state index is 3.52. The number of benzene rings is 1. The number of rotatable bonds is 4. The first-order chi connectivity index (χ1) is 8.06. The molecule has 0 saturated heterocycles. The lowest BCUT2D eigenvalue weighted by atomic mass is 9.92. The second-order valence-electron chi connectivity index (χ2n) is 5.85. The summed E-state index contributed by atoms with van der Waals surface area (Å²) in [6.45, 7) is 8.85. The van der Waals surface area contributed by atoms with Crippen molar-refractivity contribution in [3.05, 3.63) is 36.0 Å². The molecule has 2 aromatic rings.